The van der Waals surface area contributed by atoms with E-state index in [9.17, 15) is 14.0 Å². The Morgan fingerprint density at radius 2 is 1.71 bits per heavy atom. The molecular weight excluding hydrogens is 393 g/mol. The van der Waals surface area contributed by atoms with Crippen LogP contribution >= 0.6 is 0 Å². The van der Waals surface area contributed by atoms with Gasteiger partial charge in [0.25, 0.3) is 5.91 Å². The third-order valence-electron chi connectivity index (χ3n) is 5.79. The SMILES string of the molecule is Cc1ccc2oc3c(c(=O)c2c1)[C@@H](c1ccc(F)cc1)N(CCc1ccccc1)C3=O. The molecule has 2 heterocycles. The molecule has 0 fully saturated rings. The van der Waals surface area contributed by atoms with E-state index in [1.807, 2.05) is 43.3 Å². The lowest BCUT2D eigenvalue weighted by atomic mass is 9.98. The second-order valence-corrected chi connectivity index (χ2v) is 7.86. The number of amides is 1. The highest BCUT2D eigenvalue weighted by Gasteiger charge is 2.42. The van der Waals surface area contributed by atoms with Crippen molar-refractivity contribution in [3.05, 3.63) is 117 Å². The smallest absolute Gasteiger partial charge is 0.290 e. The maximum absolute atomic E-state index is 13.6. The Balaban J connectivity index is 1.66. The monoisotopic (exact) mass is 413 g/mol. The maximum atomic E-state index is 13.6. The first-order chi connectivity index (χ1) is 15.0. The normalized spacial score (nSPS) is 15.5. The molecular formula is C26H20FNO3. The maximum Gasteiger partial charge on any atom is 0.290 e. The first-order valence-corrected chi connectivity index (χ1v) is 10.2. The summed E-state index contributed by atoms with van der Waals surface area (Å²) in [7, 11) is 0. The molecule has 0 N–H and O–H groups in total. The molecule has 0 saturated carbocycles. The lowest BCUT2D eigenvalue weighted by Gasteiger charge is -2.25. The van der Waals surface area contributed by atoms with Crippen molar-refractivity contribution in [2.45, 2.75) is 19.4 Å². The van der Waals surface area contributed by atoms with E-state index in [4.69, 9.17) is 4.42 Å². The molecule has 5 rings (SSSR count). The second-order valence-electron chi connectivity index (χ2n) is 7.86. The Labute approximate surface area is 178 Å². The highest BCUT2D eigenvalue weighted by molar-refractivity contribution is 5.99. The zero-order valence-corrected chi connectivity index (χ0v) is 17.0. The zero-order valence-electron chi connectivity index (χ0n) is 17.0. The number of rotatable bonds is 4. The summed E-state index contributed by atoms with van der Waals surface area (Å²) in [4.78, 5) is 28.5. The van der Waals surface area contributed by atoms with Gasteiger partial charge in [0.05, 0.1) is 17.0 Å². The van der Waals surface area contributed by atoms with Crippen molar-refractivity contribution in [2.75, 3.05) is 6.54 Å². The lowest BCUT2D eigenvalue weighted by molar-refractivity contribution is 0.0730. The van der Waals surface area contributed by atoms with Crippen molar-refractivity contribution >= 4 is 16.9 Å². The van der Waals surface area contributed by atoms with Crippen LogP contribution in [0.2, 0.25) is 0 Å². The molecule has 1 aromatic heterocycles. The average Bonchev–Trinajstić information content (AvgIpc) is 3.06. The Hall–Kier alpha value is -3.73. The molecule has 0 aliphatic carbocycles. The van der Waals surface area contributed by atoms with E-state index < -0.39 is 6.04 Å². The van der Waals surface area contributed by atoms with Crippen molar-refractivity contribution < 1.29 is 13.6 Å². The van der Waals surface area contributed by atoms with Gasteiger partial charge in [-0.2, -0.15) is 0 Å². The molecule has 1 atom stereocenters. The van der Waals surface area contributed by atoms with Gasteiger partial charge in [-0.3, -0.25) is 9.59 Å². The number of benzene rings is 3. The number of hydrogen-bond donors (Lipinski definition) is 0. The average molecular weight is 413 g/mol. The Kier molecular flexibility index (Phi) is 4.66. The minimum Gasteiger partial charge on any atom is -0.450 e. The summed E-state index contributed by atoms with van der Waals surface area (Å²) >= 11 is 0. The zero-order chi connectivity index (χ0) is 21.5. The molecule has 0 bridgehead atoms. The summed E-state index contributed by atoms with van der Waals surface area (Å²) in [5.74, 6) is -0.617. The fraction of sp³-hybridized carbons (Fsp3) is 0.154. The summed E-state index contributed by atoms with van der Waals surface area (Å²) in [5.41, 5.74) is 3.20. The van der Waals surface area contributed by atoms with Crippen molar-refractivity contribution in [1.29, 1.82) is 0 Å². The first kappa shape index (κ1) is 19.2. The summed E-state index contributed by atoms with van der Waals surface area (Å²) in [6.07, 6.45) is 0.630. The van der Waals surface area contributed by atoms with Gasteiger partial charge >= 0.3 is 0 Å². The number of aryl methyl sites for hydroxylation is 1. The Bertz CT molecular complexity index is 1340. The summed E-state index contributed by atoms with van der Waals surface area (Å²) in [6, 6.07) is 20.5. The number of nitrogens with zero attached hydrogens (tertiary/aromatic N) is 1. The molecule has 5 heteroatoms. The number of carbonyl (C=O) groups excluding carboxylic acids is 1. The van der Waals surface area contributed by atoms with Gasteiger partial charge in [0.15, 0.2) is 5.43 Å². The van der Waals surface area contributed by atoms with Gasteiger partial charge < -0.3 is 9.32 Å². The molecule has 4 aromatic rings. The van der Waals surface area contributed by atoms with Gasteiger partial charge in [-0.1, -0.05) is 54.1 Å². The molecule has 0 spiro atoms. The van der Waals surface area contributed by atoms with Crippen LogP contribution in [0.3, 0.4) is 0 Å². The standard InChI is InChI=1S/C26H20FNO3/c1-16-7-12-21-20(15-16)24(29)22-23(18-8-10-19(27)11-9-18)28(26(30)25(22)31-21)14-13-17-5-3-2-4-6-17/h2-12,15,23H,13-14H2,1H3/t23-/m1/s1. The van der Waals surface area contributed by atoms with Crippen LogP contribution in [0.5, 0.6) is 0 Å². The van der Waals surface area contributed by atoms with Crippen molar-refractivity contribution in [3.63, 3.8) is 0 Å². The molecule has 3 aromatic carbocycles. The molecule has 154 valence electrons. The van der Waals surface area contributed by atoms with E-state index in [0.717, 1.165) is 11.1 Å². The Morgan fingerprint density at radius 3 is 2.45 bits per heavy atom. The van der Waals surface area contributed by atoms with Crippen LogP contribution in [0.25, 0.3) is 11.0 Å². The van der Waals surface area contributed by atoms with Gasteiger partial charge in [-0.15, -0.1) is 0 Å². The molecule has 1 aliphatic rings. The van der Waals surface area contributed by atoms with Gasteiger partial charge in [0, 0.05) is 6.54 Å². The minimum atomic E-state index is -0.618. The van der Waals surface area contributed by atoms with E-state index >= 15 is 0 Å². The van der Waals surface area contributed by atoms with Crippen LogP contribution < -0.4 is 5.43 Å². The van der Waals surface area contributed by atoms with Crippen LogP contribution in [-0.4, -0.2) is 17.4 Å². The van der Waals surface area contributed by atoms with Crippen LogP contribution in [-0.2, 0) is 6.42 Å². The number of hydrogen-bond acceptors (Lipinski definition) is 3. The molecule has 31 heavy (non-hydrogen) atoms. The van der Waals surface area contributed by atoms with Crippen LogP contribution in [0, 0.1) is 12.7 Å². The quantitative estimate of drug-likeness (QED) is 0.472. The van der Waals surface area contributed by atoms with Gasteiger partial charge in [-0.25, -0.2) is 4.39 Å². The topological polar surface area (TPSA) is 50.5 Å². The van der Waals surface area contributed by atoms with Crippen molar-refractivity contribution in [2.24, 2.45) is 0 Å². The van der Waals surface area contributed by atoms with Gasteiger partial charge in [-0.05, 0) is 48.7 Å². The molecule has 1 amide bonds. The predicted molar refractivity (Wildman–Crippen MR) is 117 cm³/mol. The van der Waals surface area contributed by atoms with Crippen LogP contribution in [0.4, 0.5) is 4.39 Å². The Morgan fingerprint density at radius 1 is 0.968 bits per heavy atom. The minimum absolute atomic E-state index is 0.0729. The number of halogens is 1. The first-order valence-electron chi connectivity index (χ1n) is 10.2. The summed E-state index contributed by atoms with van der Waals surface area (Å²) < 4.78 is 19.5. The number of fused-ring (bicyclic) bond motifs is 2. The van der Waals surface area contributed by atoms with Gasteiger partial charge in [0.1, 0.15) is 11.4 Å². The predicted octanol–water partition coefficient (Wildman–Crippen LogP) is 5.03. The third-order valence-corrected chi connectivity index (χ3v) is 5.79. The number of carbonyl (C=O) groups is 1. The van der Waals surface area contributed by atoms with Gasteiger partial charge in [0.2, 0.25) is 5.76 Å². The fourth-order valence-corrected chi connectivity index (χ4v) is 4.25. The molecule has 0 saturated heterocycles. The highest BCUT2D eigenvalue weighted by Crippen LogP contribution is 2.38. The van der Waals surface area contributed by atoms with E-state index in [1.54, 1.807) is 29.2 Å². The molecule has 1 aliphatic heterocycles. The molecule has 0 unspecified atom stereocenters. The van der Waals surface area contributed by atoms with Crippen LogP contribution in [0.1, 0.15) is 38.9 Å². The highest BCUT2D eigenvalue weighted by atomic mass is 19.1. The largest absolute Gasteiger partial charge is 0.450 e. The van der Waals surface area contributed by atoms with E-state index in [1.165, 1.54) is 12.1 Å². The van der Waals surface area contributed by atoms with Crippen molar-refractivity contribution in [1.82, 2.24) is 4.90 Å². The lowest BCUT2D eigenvalue weighted by Crippen LogP contribution is -2.31. The van der Waals surface area contributed by atoms with E-state index in [0.29, 0.717) is 35.1 Å². The summed E-state index contributed by atoms with van der Waals surface area (Å²) in [6.45, 7) is 2.31. The van der Waals surface area contributed by atoms with Crippen molar-refractivity contribution in [3.8, 4) is 0 Å². The molecule has 4 nitrogen and oxygen atoms in total. The van der Waals surface area contributed by atoms with E-state index in [-0.39, 0.29) is 22.9 Å². The van der Waals surface area contributed by atoms with Crippen LogP contribution in [0.15, 0.2) is 82.0 Å². The van der Waals surface area contributed by atoms with E-state index in [2.05, 4.69) is 0 Å². The second kappa shape index (κ2) is 7.51. The fourth-order valence-electron chi connectivity index (χ4n) is 4.25. The third kappa shape index (κ3) is 3.32. The molecule has 0 radical (unpaired) electrons. The summed E-state index contributed by atoms with van der Waals surface area (Å²) in [5, 5.41) is 0.448.